The maximum atomic E-state index is 10.6. The molecule has 0 fully saturated rings. The number of hydrogen-bond acceptors (Lipinski definition) is 2. The van der Waals surface area contributed by atoms with Crippen LogP contribution in [0.25, 0.3) is 11.1 Å². The SMILES string of the molecule is Cc1cnc(C=O)cc1-c1ccccc1. The molecule has 0 unspecified atom stereocenters. The quantitative estimate of drug-likeness (QED) is 0.693. The number of aryl methyl sites for hydroxylation is 1. The Balaban J connectivity index is 2.57. The minimum absolute atomic E-state index is 0.472. The molecule has 2 aromatic rings. The molecule has 0 bridgehead atoms. The third-order valence-electron chi connectivity index (χ3n) is 2.33. The number of aldehydes is 1. The second-order valence-corrected chi connectivity index (χ2v) is 3.41. The summed E-state index contributed by atoms with van der Waals surface area (Å²) in [7, 11) is 0. The number of carbonyl (C=O) groups is 1. The van der Waals surface area contributed by atoms with Crippen molar-refractivity contribution in [2.75, 3.05) is 0 Å². The summed E-state index contributed by atoms with van der Waals surface area (Å²) < 4.78 is 0. The van der Waals surface area contributed by atoms with E-state index in [2.05, 4.69) is 4.98 Å². The highest BCUT2D eigenvalue weighted by Gasteiger charge is 2.03. The van der Waals surface area contributed by atoms with E-state index < -0.39 is 0 Å². The maximum absolute atomic E-state index is 10.6. The van der Waals surface area contributed by atoms with E-state index in [0.717, 1.165) is 23.0 Å². The molecule has 15 heavy (non-hydrogen) atoms. The Morgan fingerprint density at radius 1 is 1.20 bits per heavy atom. The van der Waals surface area contributed by atoms with Gasteiger partial charge in [0.15, 0.2) is 6.29 Å². The van der Waals surface area contributed by atoms with E-state index in [9.17, 15) is 4.79 Å². The van der Waals surface area contributed by atoms with Gasteiger partial charge in [-0.25, -0.2) is 0 Å². The molecule has 0 atom stereocenters. The largest absolute Gasteiger partial charge is 0.296 e. The lowest BCUT2D eigenvalue weighted by molar-refractivity contribution is 0.111. The van der Waals surface area contributed by atoms with Gasteiger partial charge in [-0.2, -0.15) is 0 Å². The average molecular weight is 197 g/mol. The molecule has 2 rings (SSSR count). The second kappa shape index (κ2) is 4.05. The highest BCUT2D eigenvalue weighted by Crippen LogP contribution is 2.22. The van der Waals surface area contributed by atoms with Gasteiger partial charge in [0, 0.05) is 6.20 Å². The molecule has 1 heterocycles. The molecule has 0 saturated carbocycles. The first-order chi connectivity index (χ1) is 7.31. The predicted octanol–water partition coefficient (Wildman–Crippen LogP) is 2.87. The number of benzene rings is 1. The molecule has 0 saturated heterocycles. The van der Waals surface area contributed by atoms with Crippen LogP contribution >= 0.6 is 0 Å². The van der Waals surface area contributed by atoms with E-state index in [4.69, 9.17) is 0 Å². The van der Waals surface area contributed by atoms with E-state index in [1.807, 2.05) is 43.3 Å². The zero-order valence-corrected chi connectivity index (χ0v) is 8.47. The topological polar surface area (TPSA) is 30.0 Å². The van der Waals surface area contributed by atoms with Crippen LogP contribution in [0, 0.1) is 6.92 Å². The summed E-state index contributed by atoms with van der Waals surface area (Å²) in [6, 6.07) is 11.8. The molecule has 0 aliphatic carbocycles. The van der Waals surface area contributed by atoms with Gasteiger partial charge in [0.2, 0.25) is 0 Å². The highest BCUT2D eigenvalue weighted by atomic mass is 16.1. The van der Waals surface area contributed by atoms with Crippen LogP contribution in [0.2, 0.25) is 0 Å². The zero-order chi connectivity index (χ0) is 10.7. The lowest BCUT2D eigenvalue weighted by Gasteiger charge is -2.05. The van der Waals surface area contributed by atoms with Crippen LogP contribution in [0.1, 0.15) is 16.1 Å². The monoisotopic (exact) mass is 197 g/mol. The van der Waals surface area contributed by atoms with Gasteiger partial charge >= 0.3 is 0 Å². The summed E-state index contributed by atoms with van der Waals surface area (Å²) in [5.74, 6) is 0. The Kier molecular flexibility index (Phi) is 2.59. The first-order valence-corrected chi connectivity index (χ1v) is 4.78. The summed E-state index contributed by atoms with van der Waals surface area (Å²) in [6.07, 6.45) is 2.50. The zero-order valence-electron chi connectivity index (χ0n) is 8.47. The normalized spacial score (nSPS) is 9.93. The Morgan fingerprint density at radius 2 is 1.93 bits per heavy atom. The van der Waals surface area contributed by atoms with Gasteiger partial charge in [-0.1, -0.05) is 30.3 Å². The van der Waals surface area contributed by atoms with E-state index in [1.54, 1.807) is 6.20 Å². The van der Waals surface area contributed by atoms with Crippen LogP contribution in [-0.2, 0) is 0 Å². The van der Waals surface area contributed by atoms with Gasteiger partial charge in [0.1, 0.15) is 5.69 Å². The first-order valence-electron chi connectivity index (χ1n) is 4.78. The predicted molar refractivity (Wildman–Crippen MR) is 59.8 cm³/mol. The minimum Gasteiger partial charge on any atom is -0.296 e. The van der Waals surface area contributed by atoms with Gasteiger partial charge < -0.3 is 0 Å². The number of carbonyl (C=O) groups excluding carboxylic acids is 1. The van der Waals surface area contributed by atoms with Crippen LogP contribution in [0.4, 0.5) is 0 Å². The molecule has 1 aromatic carbocycles. The van der Waals surface area contributed by atoms with E-state index in [0.29, 0.717) is 5.69 Å². The molecule has 2 nitrogen and oxygen atoms in total. The lowest BCUT2D eigenvalue weighted by atomic mass is 10.0. The van der Waals surface area contributed by atoms with Crippen LogP contribution in [0.5, 0.6) is 0 Å². The molecule has 0 N–H and O–H groups in total. The van der Waals surface area contributed by atoms with Crippen molar-refractivity contribution in [1.29, 1.82) is 0 Å². The fraction of sp³-hybridized carbons (Fsp3) is 0.0769. The average Bonchev–Trinajstić information content (AvgIpc) is 2.31. The van der Waals surface area contributed by atoms with E-state index in [1.165, 1.54) is 0 Å². The number of hydrogen-bond donors (Lipinski definition) is 0. The Morgan fingerprint density at radius 3 is 2.60 bits per heavy atom. The number of nitrogens with zero attached hydrogens (tertiary/aromatic N) is 1. The molecule has 2 heteroatoms. The van der Waals surface area contributed by atoms with Crippen LogP contribution < -0.4 is 0 Å². The van der Waals surface area contributed by atoms with E-state index >= 15 is 0 Å². The third-order valence-corrected chi connectivity index (χ3v) is 2.33. The summed E-state index contributed by atoms with van der Waals surface area (Å²) >= 11 is 0. The van der Waals surface area contributed by atoms with Crippen molar-refractivity contribution in [3.05, 3.63) is 53.9 Å². The highest BCUT2D eigenvalue weighted by molar-refractivity contribution is 5.77. The van der Waals surface area contributed by atoms with Crippen LogP contribution in [0.3, 0.4) is 0 Å². The molecule has 74 valence electrons. The van der Waals surface area contributed by atoms with Crippen molar-refractivity contribution in [1.82, 2.24) is 4.98 Å². The first kappa shape index (κ1) is 9.59. The standard InChI is InChI=1S/C13H11NO/c1-10-8-14-12(9-15)7-13(10)11-5-3-2-4-6-11/h2-9H,1H3. The van der Waals surface area contributed by atoms with Crippen molar-refractivity contribution < 1.29 is 4.79 Å². The van der Waals surface area contributed by atoms with Crippen molar-refractivity contribution >= 4 is 6.29 Å². The lowest BCUT2D eigenvalue weighted by Crippen LogP contribution is -1.91. The Hall–Kier alpha value is -1.96. The van der Waals surface area contributed by atoms with Gasteiger partial charge in [-0.05, 0) is 29.7 Å². The maximum Gasteiger partial charge on any atom is 0.168 e. The molecule has 0 amide bonds. The van der Waals surface area contributed by atoms with Crippen LogP contribution in [-0.4, -0.2) is 11.3 Å². The number of pyridine rings is 1. The summed E-state index contributed by atoms with van der Waals surface area (Å²) in [4.78, 5) is 14.7. The van der Waals surface area contributed by atoms with Crippen molar-refractivity contribution in [2.45, 2.75) is 6.92 Å². The summed E-state index contributed by atoms with van der Waals surface area (Å²) in [6.45, 7) is 1.99. The van der Waals surface area contributed by atoms with Crippen molar-refractivity contribution in [3.63, 3.8) is 0 Å². The van der Waals surface area contributed by atoms with Gasteiger partial charge in [-0.3, -0.25) is 9.78 Å². The summed E-state index contributed by atoms with van der Waals surface area (Å²) in [5, 5.41) is 0. The summed E-state index contributed by atoms with van der Waals surface area (Å²) in [5.41, 5.74) is 3.72. The third kappa shape index (κ3) is 1.94. The molecule has 0 aliphatic rings. The minimum atomic E-state index is 0.472. The molecule has 0 radical (unpaired) electrons. The Bertz CT molecular complexity index is 477. The smallest absolute Gasteiger partial charge is 0.168 e. The Labute approximate surface area is 88.6 Å². The van der Waals surface area contributed by atoms with E-state index in [-0.39, 0.29) is 0 Å². The molecular weight excluding hydrogens is 186 g/mol. The van der Waals surface area contributed by atoms with Crippen molar-refractivity contribution in [2.24, 2.45) is 0 Å². The van der Waals surface area contributed by atoms with Gasteiger partial charge in [0.25, 0.3) is 0 Å². The number of rotatable bonds is 2. The fourth-order valence-electron chi connectivity index (χ4n) is 1.53. The second-order valence-electron chi connectivity index (χ2n) is 3.41. The molecule has 0 spiro atoms. The molecular formula is C13H11NO. The number of aromatic nitrogens is 1. The molecule has 0 aliphatic heterocycles. The van der Waals surface area contributed by atoms with Crippen molar-refractivity contribution in [3.8, 4) is 11.1 Å². The van der Waals surface area contributed by atoms with Crippen LogP contribution in [0.15, 0.2) is 42.6 Å². The van der Waals surface area contributed by atoms with Gasteiger partial charge in [0.05, 0.1) is 0 Å². The van der Waals surface area contributed by atoms with Gasteiger partial charge in [-0.15, -0.1) is 0 Å². The molecule has 1 aromatic heterocycles. The fourth-order valence-corrected chi connectivity index (χ4v) is 1.53.